The minimum absolute atomic E-state index is 0.872. The van der Waals surface area contributed by atoms with Crippen LogP contribution in [-0.2, 0) is 5.33 Å². The number of alkyl halides is 1. The molecule has 0 unspecified atom stereocenters. The number of aromatic nitrogens is 1. The quantitative estimate of drug-likeness (QED) is 0.747. The smallest absolute Gasteiger partial charge is 0.185 e. The van der Waals surface area contributed by atoms with Gasteiger partial charge in [0, 0.05) is 23.8 Å². The second-order valence-corrected chi connectivity index (χ2v) is 4.35. The van der Waals surface area contributed by atoms with Crippen molar-refractivity contribution in [3.63, 3.8) is 0 Å². The van der Waals surface area contributed by atoms with E-state index in [9.17, 15) is 0 Å². The first kappa shape index (κ1) is 8.51. The van der Waals surface area contributed by atoms with Crippen LogP contribution in [0.5, 0.6) is 0 Å². The molecular weight excluding hydrogens is 236 g/mol. The van der Waals surface area contributed by atoms with Crippen molar-refractivity contribution in [1.29, 1.82) is 0 Å². The Kier molecular flexibility index (Phi) is 2.66. The lowest BCUT2D eigenvalue weighted by Crippen LogP contribution is -2.17. The molecule has 0 saturated carbocycles. The molecule has 12 heavy (non-hydrogen) atoms. The molecule has 0 aliphatic carbocycles. The van der Waals surface area contributed by atoms with Crippen LogP contribution in [-0.4, -0.2) is 18.1 Å². The highest BCUT2D eigenvalue weighted by Crippen LogP contribution is 2.24. The van der Waals surface area contributed by atoms with Crippen molar-refractivity contribution in [1.82, 2.24) is 4.98 Å². The lowest BCUT2D eigenvalue weighted by Gasteiger charge is -2.11. The van der Waals surface area contributed by atoms with Crippen LogP contribution in [0.25, 0.3) is 0 Å². The molecule has 1 aromatic heterocycles. The normalized spacial score (nSPS) is 17.2. The van der Waals surface area contributed by atoms with Gasteiger partial charge in [0.25, 0.3) is 0 Å². The topological polar surface area (TPSA) is 16.1 Å². The Morgan fingerprint density at radius 2 is 2.25 bits per heavy atom. The average Bonchev–Trinajstić information content (AvgIpc) is 2.75. The third-order valence-electron chi connectivity index (χ3n) is 2.05. The van der Waals surface area contributed by atoms with Gasteiger partial charge in [0.15, 0.2) is 5.13 Å². The summed E-state index contributed by atoms with van der Waals surface area (Å²) in [6.07, 6.45) is 2.65. The highest BCUT2D eigenvalue weighted by Gasteiger charge is 2.14. The molecule has 1 saturated heterocycles. The zero-order valence-corrected chi connectivity index (χ0v) is 9.20. The Balaban J connectivity index is 2.11. The minimum atomic E-state index is 0.872. The zero-order chi connectivity index (χ0) is 8.39. The Bertz CT molecular complexity index is 255. The second kappa shape index (κ2) is 3.75. The van der Waals surface area contributed by atoms with Crippen LogP contribution < -0.4 is 4.90 Å². The van der Waals surface area contributed by atoms with E-state index >= 15 is 0 Å². The van der Waals surface area contributed by atoms with Gasteiger partial charge in [-0.2, -0.15) is 0 Å². The third kappa shape index (κ3) is 1.64. The number of anilines is 1. The van der Waals surface area contributed by atoms with E-state index in [0.717, 1.165) is 11.0 Å². The molecule has 0 atom stereocenters. The molecular formula is C8H11BrN2S. The van der Waals surface area contributed by atoms with Crippen LogP contribution in [0.4, 0.5) is 5.13 Å². The number of rotatable bonds is 2. The summed E-state index contributed by atoms with van der Waals surface area (Å²) in [5, 5.41) is 4.20. The van der Waals surface area contributed by atoms with Gasteiger partial charge in [0.2, 0.25) is 0 Å². The fraction of sp³-hybridized carbons (Fsp3) is 0.625. The molecule has 2 rings (SSSR count). The summed E-state index contributed by atoms with van der Waals surface area (Å²) in [4.78, 5) is 6.88. The minimum Gasteiger partial charge on any atom is -0.348 e. The van der Waals surface area contributed by atoms with E-state index < -0.39 is 0 Å². The van der Waals surface area contributed by atoms with Crippen molar-refractivity contribution in [3.05, 3.63) is 11.1 Å². The van der Waals surface area contributed by atoms with Crippen LogP contribution in [0.3, 0.4) is 0 Å². The average molecular weight is 247 g/mol. The van der Waals surface area contributed by atoms with E-state index in [2.05, 4.69) is 31.2 Å². The van der Waals surface area contributed by atoms with Crippen molar-refractivity contribution >= 4 is 32.4 Å². The van der Waals surface area contributed by atoms with Gasteiger partial charge in [0.1, 0.15) is 0 Å². The highest BCUT2D eigenvalue weighted by molar-refractivity contribution is 9.08. The molecule has 4 heteroatoms. The van der Waals surface area contributed by atoms with E-state index in [1.165, 1.54) is 31.1 Å². The Morgan fingerprint density at radius 1 is 1.50 bits per heavy atom. The number of halogens is 1. The highest BCUT2D eigenvalue weighted by atomic mass is 79.9. The fourth-order valence-electron chi connectivity index (χ4n) is 1.41. The van der Waals surface area contributed by atoms with Gasteiger partial charge in [-0.05, 0) is 12.8 Å². The van der Waals surface area contributed by atoms with Crippen LogP contribution in [0, 0.1) is 0 Å². The first-order valence-electron chi connectivity index (χ1n) is 4.15. The van der Waals surface area contributed by atoms with Crippen molar-refractivity contribution in [2.24, 2.45) is 0 Å². The van der Waals surface area contributed by atoms with Crippen molar-refractivity contribution in [2.75, 3.05) is 18.0 Å². The molecule has 66 valence electrons. The Morgan fingerprint density at radius 3 is 2.83 bits per heavy atom. The molecule has 1 fully saturated rings. The van der Waals surface area contributed by atoms with Crippen LogP contribution >= 0.6 is 27.3 Å². The van der Waals surface area contributed by atoms with Crippen LogP contribution in [0.1, 0.15) is 18.5 Å². The summed E-state index contributed by atoms with van der Waals surface area (Å²) in [7, 11) is 0. The molecule has 2 nitrogen and oxygen atoms in total. The molecule has 0 amide bonds. The first-order chi connectivity index (χ1) is 5.90. The predicted octanol–water partition coefficient (Wildman–Crippen LogP) is 2.64. The SMILES string of the molecule is BrCc1csc(N2CCCC2)n1. The van der Waals surface area contributed by atoms with Crippen molar-refractivity contribution in [2.45, 2.75) is 18.2 Å². The van der Waals surface area contributed by atoms with E-state index in [-0.39, 0.29) is 0 Å². The molecule has 1 aromatic rings. The van der Waals surface area contributed by atoms with Gasteiger partial charge >= 0.3 is 0 Å². The summed E-state index contributed by atoms with van der Waals surface area (Å²) in [6, 6.07) is 0. The molecule has 1 aliphatic heterocycles. The number of nitrogens with zero attached hydrogens (tertiary/aromatic N) is 2. The molecule has 2 heterocycles. The summed E-state index contributed by atoms with van der Waals surface area (Å²) >= 11 is 5.16. The van der Waals surface area contributed by atoms with Gasteiger partial charge < -0.3 is 4.90 Å². The number of hydrogen-bond acceptors (Lipinski definition) is 3. The molecule has 0 N–H and O–H groups in total. The summed E-state index contributed by atoms with van der Waals surface area (Å²) < 4.78 is 0. The number of thiazole rings is 1. The maximum atomic E-state index is 4.51. The lowest BCUT2D eigenvalue weighted by atomic mass is 10.4. The summed E-state index contributed by atoms with van der Waals surface area (Å²) in [5.41, 5.74) is 1.15. The van der Waals surface area contributed by atoms with E-state index in [1.807, 2.05) is 0 Å². The van der Waals surface area contributed by atoms with Gasteiger partial charge in [-0.3, -0.25) is 0 Å². The first-order valence-corrected chi connectivity index (χ1v) is 6.15. The lowest BCUT2D eigenvalue weighted by molar-refractivity contribution is 0.949. The van der Waals surface area contributed by atoms with E-state index in [1.54, 1.807) is 11.3 Å². The second-order valence-electron chi connectivity index (χ2n) is 2.95. The van der Waals surface area contributed by atoms with Crippen LogP contribution in [0.15, 0.2) is 5.38 Å². The Hall–Kier alpha value is -0.0900. The molecule has 1 aliphatic rings. The van der Waals surface area contributed by atoms with Gasteiger partial charge in [-0.25, -0.2) is 4.98 Å². The standard InChI is InChI=1S/C8H11BrN2S/c9-5-7-6-12-8(10-7)11-3-1-2-4-11/h6H,1-5H2. The maximum Gasteiger partial charge on any atom is 0.185 e. The zero-order valence-electron chi connectivity index (χ0n) is 6.79. The molecule has 0 aromatic carbocycles. The largest absolute Gasteiger partial charge is 0.348 e. The summed E-state index contributed by atoms with van der Waals surface area (Å²) in [6.45, 7) is 2.38. The molecule has 0 bridgehead atoms. The third-order valence-corrected chi connectivity index (χ3v) is 3.58. The number of hydrogen-bond donors (Lipinski definition) is 0. The predicted molar refractivity (Wildman–Crippen MR) is 56.2 cm³/mol. The Labute approximate surface area is 84.7 Å². The van der Waals surface area contributed by atoms with E-state index in [4.69, 9.17) is 0 Å². The van der Waals surface area contributed by atoms with Crippen molar-refractivity contribution < 1.29 is 0 Å². The van der Waals surface area contributed by atoms with Gasteiger partial charge in [-0.1, -0.05) is 15.9 Å². The van der Waals surface area contributed by atoms with Crippen molar-refractivity contribution in [3.8, 4) is 0 Å². The monoisotopic (exact) mass is 246 g/mol. The van der Waals surface area contributed by atoms with Gasteiger partial charge in [-0.15, -0.1) is 11.3 Å². The van der Waals surface area contributed by atoms with E-state index in [0.29, 0.717) is 0 Å². The molecule has 0 spiro atoms. The van der Waals surface area contributed by atoms with Crippen LogP contribution in [0.2, 0.25) is 0 Å². The fourth-order valence-corrected chi connectivity index (χ4v) is 2.79. The maximum absolute atomic E-state index is 4.51. The van der Waals surface area contributed by atoms with Gasteiger partial charge in [0.05, 0.1) is 5.69 Å². The molecule has 0 radical (unpaired) electrons. The summed E-state index contributed by atoms with van der Waals surface area (Å²) in [5.74, 6) is 0.